The predicted octanol–water partition coefficient (Wildman–Crippen LogP) is 1.09. The SMILES string of the molecule is CCNC(=NCC1(O)CCC1)N1CCC(c2cnn(C)c2)C1. The Morgan fingerprint density at radius 3 is 2.95 bits per heavy atom. The minimum atomic E-state index is -0.552. The highest BCUT2D eigenvalue weighted by atomic mass is 16.3. The quantitative estimate of drug-likeness (QED) is 0.645. The molecule has 1 saturated carbocycles. The summed E-state index contributed by atoms with van der Waals surface area (Å²) in [7, 11) is 1.96. The summed E-state index contributed by atoms with van der Waals surface area (Å²) in [5.74, 6) is 1.46. The Morgan fingerprint density at radius 1 is 1.55 bits per heavy atom. The minimum absolute atomic E-state index is 0.517. The molecule has 2 N–H and O–H groups in total. The highest BCUT2D eigenvalue weighted by Gasteiger charge is 2.34. The van der Waals surface area contributed by atoms with Gasteiger partial charge in [-0.15, -0.1) is 0 Å². The van der Waals surface area contributed by atoms with Gasteiger partial charge in [0.2, 0.25) is 0 Å². The first kappa shape index (κ1) is 15.3. The van der Waals surface area contributed by atoms with Crippen molar-refractivity contribution in [3.63, 3.8) is 0 Å². The maximum atomic E-state index is 10.2. The van der Waals surface area contributed by atoms with Crippen molar-refractivity contribution < 1.29 is 5.11 Å². The van der Waals surface area contributed by atoms with E-state index in [1.54, 1.807) is 0 Å². The number of aliphatic hydroxyl groups is 1. The first-order chi connectivity index (χ1) is 10.6. The van der Waals surface area contributed by atoms with Gasteiger partial charge in [-0.1, -0.05) is 0 Å². The molecule has 1 aliphatic carbocycles. The van der Waals surface area contributed by atoms with E-state index in [1.807, 2.05) is 17.9 Å². The van der Waals surface area contributed by atoms with Crippen LogP contribution in [0.2, 0.25) is 0 Å². The van der Waals surface area contributed by atoms with Crippen LogP contribution in [-0.2, 0) is 7.05 Å². The zero-order chi connectivity index (χ0) is 15.6. The molecule has 22 heavy (non-hydrogen) atoms. The topological polar surface area (TPSA) is 65.7 Å². The van der Waals surface area contributed by atoms with E-state index < -0.39 is 5.60 Å². The van der Waals surface area contributed by atoms with Gasteiger partial charge in [0.05, 0.1) is 18.3 Å². The molecule has 2 heterocycles. The van der Waals surface area contributed by atoms with Crippen LogP contribution >= 0.6 is 0 Å². The number of likely N-dealkylation sites (tertiary alicyclic amines) is 1. The molecule has 0 bridgehead atoms. The van der Waals surface area contributed by atoms with Gasteiger partial charge in [0.1, 0.15) is 0 Å². The molecule has 1 aromatic heterocycles. The lowest BCUT2D eigenvalue weighted by atomic mass is 9.80. The summed E-state index contributed by atoms with van der Waals surface area (Å²) in [5, 5.41) is 17.9. The van der Waals surface area contributed by atoms with Gasteiger partial charge in [-0.3, -0.25) is 9.67 Å². The van der Waals surface area contributed by atoms with Crippen molar-refractivity contribution in [2.45, 2.75) is 44.1 Å². The van der Waals surface area contributed by atoms with Gasteiger partial charge in [0.15, 0.2) is 5.96 Å². The van der Waals surface area contributed by atoms with Crippen molar-refractivity contribution in [1.29, 1.82) is 0 Å². The van der Waals surface area contributed by atoms with E-state index in [-0.39, 0.29) is 0 Å². The van der Waals surface area contributed by atoms with E-state index in [0.29, 0.717) is 12.5 Å². The van der Waals surface area contributed by atoms with Crippen LogP contribution in [0.4, 0.5) is 0 Å². The summed E-state index contributed by atoms with van der Waals surface area (Å²) < 4.78 is 1.86. The van der Waals surface area contributed by atoms with E-state index in [9.17, 15) is 5.11 Å². The maximum Gasteiger partial charge on any atom is 0.194 e. The fourth-order valence-corrected chi connectivity index (χ4v) is 3.27. The first-order valence-corrected chi connectivity index (χ1v) is 8.34. The Kier molecular flexibility index (Phi) is 4.38. The molecule has 1 atom stereocenters. The zero-order valence-electron chi connectivity index (χ0n) is 13.6. The Balaban J connectivity index is 1.63. The van der Waals surface area contributed by atoms with E-state index in [4.69, 9.17) is 0 Å². The van der Waals surface area contributed by atoms with Gasteiger partial charge in [0.25, 0.3) is 0 Å². The molecule has 3 rings (SSSR count). The van der Waals surface area contributed by atoms with Crippen LogP contribution < -0.4 is 5.32 Å². The van der Waals surface area contributed by atoms with Gasteiger partial charge in [-0.05, 0) is 38.2 Å². The van der Waals surface area contributed by atoms with Crippen LogP contribution in [0.25, 0.3) is 0 Å². The van der Waals surface area contributed by atoms with Crippen molar-refractivity contribution in [2.24, 2.45) is 12.0 Å². The third kappa shape index (κ3) is 3.27. The summed E-state index contributed by atoms with van der Waals surface area (Å²) in [6.07, 6.45) is 8.09. The monoisotopic (exact) mass is 305 g/mol. The third-order valence-electron chi connectivity index (χ3n) is 4.83. The Hall–Kier alpha value is -1.56. The second kappa shape index (κ2) is 6.28. The highest BCUT2D eigenvalue weighted by Crippen LogP contribution is 2.32. The number of nitrogens with zero attached hydrogens (tertiary/aromatic N) is 4. The van der Waals surface area contributed by atoms with Crippen molar-refractivity contribution in [2.75, 3.05) is 26.2 Å². The summed E-state index contributed by atoms with van der Waals surface area (Å²) in [6, 6.07) is 0. The molecule has 2 aliphatic rings. The van der Waals surface area contributed by atoms with Gasteiger partial charge < -0.3 is 15.3 Å². The predicted molar refractivity (Wildman–Crippen MR) is 86.9 cm³/mol. The standard InChI is InChI=1S/C16H27N5O/c1-3-17-15(18-12-16(22)6-4-7-16)21-8-5-13(11-21)14-9-19-20(2)10-14/h9-10,13,22H,3-8,11-12H2,1-2H3,(H,17,18). The van der Waals surface area contributed by atoms with Crippen molar-refractivity contribution in [1.82, 2.24) is 20.0 Å². The van der Waals surface area contributed by atoms with Crippen LogP contribution in [0.15, 0.2) is 17.4 Å². The van der Waals surface area contributed by atoms with Gasteiger partial charge >= 0.3 is 0 Å². The molecule has 6 nitrogen and oxygen atoms in total. The molecule has 1 unspecified atom stereocenters. The summed E-state index contributed by atoms with van der Waals surface area (Å²) in [5.41, 5.74) is 0.752. The lowest BCUT2D eigenvalue weighted by Gasteiger charge is -2.35. The third-order valence-corrected chi connectivity index (χ3v) is 4.83. The number of rotatable bonds is 4. The second-order valence-corrected chi connectivity index (χ2v) is 6.63. The highest BCUT2D eigenvalue weighted by molar-refractivity contribution is 5.80. The van der Waals surface area contributed by atoms with E-state index in [0.717, 1.165) is 51.3 Å². The maximum absolute atomic E-state index is 10.2. The molecule has 1 saturated heterocycles. The summed E-state index contributed by atoms with van der Waals surface area (Å²) >= 11 is 0. The molecular weight excluding hydrogens is 278 g/mol. The zero-order valence-corrected chi connectivity index (χ0v) is 13.6. The molecule has 2 fully saturated rings. The fourth-order valence-electron chi connectivity index (χ4n) is 3.27. The molecule has 1 aliphatic heterocycles. The molecule has 0 spiro atoms. The Bertz CT molecular complexity index is 534. The lowest BCUT2D eigenvalue weighted by Crippen LogP contribution is -2.44. The number of guanidine groups is 1. The number of hydrogen-bond donors (Lipinski definition) is 2. The van der Waals surface area contributed by atoms with Crippen LogP contribution in [0.1, 0.15) is 44.1 Å². The average molecular weight is 305 g/mol. The number of aryl methyl sites for hydroxylation is 1. The second-order valence-electron chi connectivity index (χ2n) is 6.63. The van der Waals surface area contributed by atoms with Crippen LogP contribution in [0.3, 0.4) is 0 Å². The Labute approximate surface area is 132 Å². The van der Waals surface area contributed by atoms with Gasteiger partial charge in [-0.2, -0.15) is 5.10 Å². The number of hydrogen-bond acceptors (Lipinski definition) is 3. The van der Waals surface area contributed by atoms with Crippen LogP contribution in [0, 0.1) is 0 Å². The smallest absolute Gasteiger partial charge is 0.194 e. The van der Waals surface area contributed by atoms with E-state index in [2.05, 4.69) is 33.4 Å². The van der Waals surface area contributed by atoms with Crippen molar-refractivity contribution in [3.05, 3.63) is 18.0 Å². The van der Waals surface area contributed by atoms with Gasteiger partial charge in [-0.25, -0.2) is 0 Å². The molecule has 1 aromatic rings. The average Bonchev–Trinajstić information content (AvgIpc) is 3.10. The molecule has 6 heteroatoms. The largest absolute Gasteiger partial charge is 0.388 e. The minimum Gasteiger partial charge on any atom is -0.388 e. The summed E-state index contributed by atoms with van der Waals surface area (Å²) in [4.78, 5) is 6.99. The number of aromatic nitrogens is 2. The van der Waals surface area contributed by atoms with E-state index in [1.165, 1.54) is 5.56 Å². The van der Waals surface area contributed by atoms with Crippen molar-refractivity contribution in [3.8, 4) is 0 Å². The molecule has 122 valence electrons. The van der Waals surface area contributed by atoms with Crippen LogP contribution in [0.5, 0.6) is 0 Å². The number of aliphatic imine (C=N–C) groups is 1. The first-order valence-electron chi connectivity index (χ1n) is 8.34. The number of nitrogens with one attached hydrogen (secondary N) is 1. The molecule has 0 radical (unpaired) electrons. The molecule has 0 amide bonds. The van der Waals surface area contributed by atoms with Crippen LogP contribution in [-0.4, -0.2) is 57.5 Å². The fraction of sp³-hybridized carbons (Fsp3) is 0.750. The normalized spacial score (nSPS) is 24.4. The summed E-state index contributed by atoms with van der Waals surface area (Å²) in [6.45, 7) is 5.43. The lowest BCUT2D eigenvalue weighted by molar-refractivity contribution is -0.0237. The molecular formula is C16H27N5O. The Morgan fingerprint density at radius 2 is 2.36 bits per heavy atom. The molecule has 0 aromatic carbocycles. The van der Waals surface area contributed by atoms with Crippen molar-refractivity contribution >= 4 is 5.96 Å². The van der Waals surface area contributed by atoms with Gasteiger partial charge in [0, 0.05) is 38.8 Å². The van der Waals surface area contributed by atoms with E-state index >= 15 is 0 Å².